The second kappa shape index (κ2) is 4.60. The van der Waals surface area contributed by atoms with Crippen molar-refractivity contribution in [1.82, 2.24) is 4.31 Å². The molecule has 1 unspecified atom stereocenters. The minimum Gasteiger partial charge on any atom is -0.378 e. The van der Waals surface area contributed by atoms with E-state index in [2.05, 4.69) is 0 Å². The van der Waals surface area contributed by atoms with E-state index in [-0.39, 0.29) is 11.4 Å². The number of rotatable bonds is 3. The predicted molar refractivity (Wildman–Crippen MR) is 59.7 cm³/mol. The number of nitrogens with zero attached hydrogens (tertiary/aromatic N) is 1. The quantitative estimate of drug-likeness (QED) is 0.710. The Morgan fingerprint density at radius 1 is 1.31 bits per heavy atom. The van der Waals surface area contributed by atoms with E-state index in [9.17, 15) is 8.42 Å². The molecule has 0 spiro atoms. The van der Waals surface area contributed by atoms with Gasteiger partial charge < -0.3 is 9.47 Å². The molecule has 2 heterocycles. The SMILES string of the molecule is CC(C)C1CN(S(=O)(=O)C2COC2)CCO1. The first-order chi connectivity index (χ1) is 7.51. The van der Waals surface area contributed by atoms with Gasteiger partial charge in [0.25, 0.3) is 0 Å². The summed E-state index contributed by atoms with van der Waals surface area (Å²) in [6.45, 7) is 6.23. The van der Waals surface area contributed by atoms with Crippen molar-refractivity contribution >= 4 is 10.0 Å². The number of ether oxygens (including phenoxy) is 2. The van der Waals surface area contributed by atoms with E-state index >= 15 is 0 Å². The minimum atomic E-state index is -3.16. The second-order valence-corrected chi connectivity index (χ2v) is 6.93. The van der Waals surface area contributed by atoms with Crippen molar-refractivity contribution in [1.29, 1.82) is 0 Å². The van der Waals surface area contributed by atoms with E-state index in [0.717, 1.165) is 0 Å². The zero-order chi connectivity index (χ0) is 11.8. The molecule has 94 valence electrons. The third-order valence-electron chi connectivity index (χ3n) is 3.19. The number of hydrogen-bond acceptors (Lipinski definition) is 4. The highest BCUT2D eigenvalue weighted by atomic mass is 32.2. The molecule has 0 saturated carbocycles. The molecule has 0 bridgehead atoms. The van der Waals surface area contributed by atoms with Crippen LogP contribution in [-0.2, 0) is 19.5 Å². The van der Waals surface area contributed by atoms with Crippen LogP contribution in [0.4, 0.5) is 0 Å². The Bertz CT molecular complexity index is 337. The molecule has 5 nitrogen and oxygen atoms in total. The third kappa shape index (κ3) is 2.25. The molecule has 0 aliphatic carbocycles. The van der Waals surface area contributed by atoms with Crippen LogP contribution in [0.5, 0.6) is 0 Å². The molecule has 2 aliphatic rings. The van der Waals surface area contributed by atoms with Crippen molar-refractivity contribution in [3.05, 3.63) is 0 Å². The molecule has 0 aromatic carbocycles. The lowest BCUT2D eigenvalue weighted by atomic mass is 10.1. The van der Waals surface area contributed by atoms with Gasteiger partial charge in [0.05, 0.1) is 25.9 Å². The predicted octanol–water partition coefficient (Wildman–Crippen LogP) is 0.0718. The molecule has 2 aliphatic heterocycles. The second-order valence-electron chi connectivity index (χ2n) is 4.72. The summed E-state index contributed by atoms with van der Waals surface area (Å²) in [7, 11) is -3.16. The molecule has 6 heteroatoms. The van der Waals surface area contributed by atoms with E-state index in [1.54, 1.807) is 4.31 Å². The Morgan fingerprint density at radius 2 is 2.00 bits per heavy atom. The molecule has 1 atom stereocenters. The Balaban J connectivity index is 2.03. The van der Waals surface area contributed by atoms with E-state index in [0.29, 0.717) is 38.8 Å². The van der Waals surface area contributed by atoms with Gasteiger partial charge in [-0.25, -0.2) is 8.42 Å². The van der Waals surface area contributed by atoms with Crippen molar-refractivity contribution in [2.24, 2.45) is 5.92 Å². The minimum absolute atomic E-state index is 0.0181. The molecular formula is C10H19NO4S. The summed E-state index contributed by atoms with van der Waals surface area (Å²) >= 11 is 0. The summed E-state index contributed by atoms with van der Waals surface area (Å²) in [6.07, 6.45) is 0.0181. The van der Waals surface area contributed by atoms with Gasteiger partial charge in [0.15, 0.2) is 0 Å². The molecule has 0 N–H and O–H groups in total. The monoisotopic (exact) mass is 249 g/mol. The van der Waals surface area contributed by atoms with Crippen molar-refractivity contribution < 1.29 is 17.9 Å². The summed E-state index contributed by atoms with van der Waals surface area (Å²) in [5.41, 5.74) is 0. The van der Waals surface area contributed by atoms with Crippen LogP contribution in [0, 0.1) is 5.92 Å². The van der Waals surface area contributed by atoms with Crippen molar-refractivity contribution in [2.45, 2.75) is 25.2 Å². The Morgan fingerprint density at radius 3 is 2.50 bits per heavy atom. The highest BCUT2D eigenvalue weighted by molar-refractivity contribution is 7.89. The van der Waals surface area contributed by atoms with Crippen LogP contribution in [0.1, 0.15) is 13.8 Å². The van der Waals surface area contributed by atoms with Crippen LogP contribution in [0.15, 0.2) is 0 Å². The van der Waals surface area contributed by atoms with Crippen LogP contribution in [0.2, 0.25) is 0 Å². The molecule has 16 heavy (non-hydrogen) atoms. The molecule has 0 amide bonds. The zero-order valence-electron chi connectivity index (χ0n) is 9.76. The molecule has 0 aromatic heterocycles. The van der Waals surface area contributed by atoms with Crippen molar-refractivity contribution in [2.75, 3.05) is 32.9 Å². The standard InChI is InChI=1S/C10H19NO4S/c1-8(2)10-5-11(3-4-15-10)16(12,13)9-6-14-7-9/h8-10H,3-7H2,1-2H3. The van der Waals surface area contributed by atoms with E-state index in [1.165, 1.54) is 0 Å². The molecular weight excluding hydrogens is 230 g/mol. The number of hydrogen-bond donors (Lipinski definition) is 0. The summed E-state index contributed by atoms with van der Waals surface area (Å²) < 4.78 is 36.3. The number of sulfonamides is 1. The maximum atomic E-state index is 12.1. The van der Waals surface area contributed by atoms with Gasteiger partial charge in [-0.3, -0.25) is 0 Å². The van der Waals surface area contributed by atoms with Gasteiger partial charge in [0, 0.05) is 13.1 Å². The van der Waals surface area contributed by atoms with Gasteiger partial charge in [-0.2, -0.15) is 4.31 Å². The fourth-order valence-electron chi connectivity index (χ4n) is 1.88. The Labute approximate surface area is 96.8 Å². The summed E-state index contributed by atoms with van der Waals surface area (Å²) in [4.78, 5) is 0. The maximum absolute atomic E-state index is 12.1. The first-order valence-electron chi connectivity index (χ1n) is 5.70. The van der Waals surface area contributed by atoms with Crippen LogP contribution in [-0.4, -0.2) is 57.0 Å². The lowest BCUT2D eigenvalue weighted by molar-refractivity contribution is -0.0289. The maximum Gasteiger partial charge on any atom is 0.221 e. The summed E-state index contributed by atoms with van der Waals surface area (Å²) in [6, 6.07) is 0. The first kappa shape index (κ1) is 12.3. The Kier molecular flexibility index (Phi) is 3.53. The smallest absolute Gasteiger partial charge is 0.221 e. The van der Waals surface area contributed by atoms with Crippen LogP contribution in [0.25, 0.3) is 0 Å². The van der Waals surface area contributed by atoms with Crippen LogP contribution in [0.3, 0.4) is 0 Å². The molecule has 0 aromatic rings. The molecule has 2 rings (SSSR count). The van der Waals surface area contributed by atoms with Gasteiger partial charge in [-0.1, -0.05) is 13.8 Å². The third-order valence-corrected chi connectivity index (χ3v) is 5.35. The molecule has 2 saturated heterocycles. The highest BCUT2D eigenvalue weighted by Gasteiger charge is 2.39. The lowest BCUT2D eigenvalue weighted by Crippen LogP contribution is -2.54. The van der Waals surface area contributed by atoms with Crippen molar-refractivity contribution in [3.63, 3.8) is 0 Å². The largest absolute Gasteiger partial charge is 0.378 e. The van der Waals surface area contributed by atoms with E-state index in [1.807, 2.05) is 13.8 Å². The molecule has 2 fully saturated rings. The normalized spacial score (nSPS) is 29.3. The summed E-state index contributed by atoms with van der Waals surface area (Å²) in [5.74, 6) is 0.343. The molecule has 0 radical (unpaired) electrons. The van der Waals surface area contributed by atoms with E-state index < -0.39 is 10.0 Å². The average molecular weight is 249 g/mol. The zero-order valence-corrected chi connectivity index (χ0v) is 10.6. The lowest BCUT2D eigenvalue weighted by Gasteiger charge is -2.37. The highest BCUT2D eigenvalue weighted by Crippen LogP contribution is 2.21. The van der Waals surface area contributed by atoms with Gasteiger partial charge in [-0.15, -0.1) is 0 Å². The van der Waals surface area contributed by atoms with Crippen LogP contribution < -0.4 is 0 Å². The Hall–Kier alpha value is -0.170. The van der Waals surface area contributed by atoms with Crippen molar-refractivity contribution in [3.8, 4) is 0 Å². The van der Waals surface area contributed by atoms with Gasteiger partial charge in [0.1, 0.15) is 5.25 Å². The first-order valence-corrected chi connectivity index (χ1v) is 7.20. The van der Waals surface area contributed by atoms with Gasteiger partial charge in [0.2, 0.25) is 10.0 Å². The fraction of sp³-hybridized carbons (Fsp3) is 1.00. The summed E-state index contributed by atoms with van der Waals surface area (Å²) in [5, 5.41) is -0.335. The van der Waals surface area contributed by atoms with Gasteiger partial charge in [-0.05, 0) is 5.92 Å². The fourth-order valence-corrected chi connectivity index (χ4v) is 3.52. The number of morpholine rings is 1. The van der Waals surface area contributed by atoms with E-state index in [4.69, 9.17) is 9.47 Å². The average Bonchev–Trinajstić information content (AvgIpc) is 2.14. The van der Waals surface area contributed by atoms with Crippen LogP contribution >= 0.6 is 0 Å². The topological polar surface area (TPSA) is 55.8 Å². The van der Waals surface area contributed by atoms with Gasteiger partial charge >= 0.3 is 0 Å².